The van der Waals surface area contributed by atoms with Crippen LogP contribution < -0.4 is 11.1 Å². The van der Waals surface area contributed by atoms with Crippen LogP contribution in [0, 0.1) is 0 Å². The molecule has 1 atom stereocenters. The van der Waals surface area contributed by atoms with Crippen LogP contribution in [-0.4, -0.2) is 18.0 Å². The lowest BCUT2D eigenvalue weighted by Gasteiger charge is -2.14. The van der Waals surface area contributed by atoms with Crippen molar-refractivity contribution in [1.82, 2.24) is 5.32 Å². The number of nitrogens with one attached hydrogen (secondary N) is 1. The third-order valence-corrected chi connectivity index (χ3v) is 3.35. The van der Waals surface area contributed by atoms with Gasteiger partial charge in [-0.15, -0.1) is 0 Å². The summed E-state index contributed by atoms with van der Waals surface area (Å²) >= 11 is 0. The van der Waals surface area contributed by atoms with E-state index in [0.717, 1.165) is 18.4 Å². The molecule has 0 aliphatic rings. The zero-order chi connectivity index (χ0) is 13.6. The van der Waals surface area contributed by atoms with Crippen LogP contribution in [0.5, 0.6) is 0 Å². The van der Waals surface area contributed by atoms with Gasteiger partial charge in [0.1, 0.15) is 0 Å². The van der Waals surface area contributed by atoms with Crippen molar-refractivity contribution in [3.05, 3.63) is 12.2 Å². The summed E-state index contributed by atoms with van der Waals surface area (Å²) in [5, 5.41) is 11.4. The predicted octanol–water partition coefficient (Wildman–Crippen LogP) is 3.29. The first-order chi connectivity index (χ1) is 8.72. The molecule has 0 unspecified atom stereocenters. The highest BCUT2D eigenvalue weighted by Gasteiger charge is 2.04. The number of nitrogens with two attached hydrogens (primary N) is 1. The van der Waals surface area contributed by atoms with Gasteiger partial charge in [0.2, 0.25) is 0 Å². The van der Waals surface area contributed by atoms with Crippen LogP contribution in [0.1, 0.15) is 71.1 Å². The van der Waals surface area contributed by atoms with Crippen LogP contribution in [0.15, 0.2) is 12.2 Å². The van der Waals surface area contributed by atoms with E-state index in [-0.39, 0.29) is 12.9 Å². The molecule has 3 nitrogen and oxygen atoms in total. The SMILES string of the molecule is C=C(CCCCCCCCCCC)[C@@H](N)NCO. The summed E-state index contributed by atoms with van der Waals surface area (Å²) in [6, 6.07) is 0. The maximum atomic E-state index is 8.68. The predicted molar refractivity (Wildman–Crippen MR) is 79.2 cm³/mol. The average Bonchev–Trinajstić information content (AvgIpc) is 2.36. The second-order valence-corrected chi connectivity index (χ2v) is 5.08. The van der Waals surface area contributed by atoms with Crippen LogP contribution in [0.2, 0.25) is 0 Å². The lowest BCUT2D eigenvalue weighted by atomic mass is 10.0. The molecule has 0 radical (unpaired) electrons. The first-order valence-corrected chi connectivity index (χ1v) is 7.49. The number of aliphatic hydroxyl groups excluding tert-OH is 1. The summed E-state index contributed by atoms with van der Waals surface area (Å²) in [5.41, 5.74) is 6.76. The number of aliphatic hydroxyl groups is 1. The highest BCUT2D eigenvalue weighted by Crippen LogP contribution is 2.13. The zero-order valence-corrected chi connectivity index (χ0v) is 12.1. The molecule has 0 fully saturated rings. The van der Waals surface area contributed by atoms with E-state index >= 15 is 0 Å². The molecule has 0 bridgehead atoms. The molecular formula is C15H32N2O. The van der Waals surface area contributed by atoms with Crippen molar-refractivity contribution in [2.75, 3.05) is 6.73 Å². The maximum Gasteiger partial charge on any atom is 0.0945 e. The second kappa shape index (κ2) is 13.1. The molecule has 0 rings (SSSR count). The topological polar surface area (TPSA) is 58.3 Å². The van der Waals surface area contributed by atoms with Crippen LogP contribution in [0.3, 0.4) is 0 Å². The Morgan fingerprint density at radius 2 is 1.56 bits per heavy atom. The molecule has 0 aromatic heterocycles. The fraction of sp³-hybridized carbons (Fsp3) is 0.867. The van der Waals surface area contributed by atoms with Gasteiger partial charge >= 0.3 is 0 Å². The maximum absolute atomic E-state index is 8.68. The monoisotopic (exact) mass is 256 g/mol. The molecule has 108 valence electrons. The highest BCUT2D eigenvalue weighted by atomic mass is 16.3. The van der Waals surface area contributed by atoms with Gasteiger partial charge < -0.3 is 10.8 Å². The number of hydrogen-bond donors (Lipinski definition) is 3. The zero-order valence-electron chi connectivity index (χ0n) is 12.1. The van der Waals surface area contributed by atoms with Crippen molar-refractivity contribution in [3.63, 3.8) is 0 Å². The highest BCUT2D eigenvalue weighted by molar-refractivity contribution is 5.02. The van der Waals surface area contributed by atoms with Gasteiger partial charge in [-0.1, -0.05) is 64.9 Å². The van der Waals surface area contributed by atoms with Gasteiger partial charge in [0, 0.05) is 0 Å². The smallest absolute Gasteiger partial charge is 0.0945 e. The van der Waals surface area contributed by atoms with E-state index in [9.17, 15) is 0 Å². The molecule has 0 amide bonds. The van der Waals surface area contributed by atoms with E-state index in [1.807, 2.05) is 0 Å². The van der Waals surface area contributed by atoms with Crippen LogP contribution >= 0.6 is 0 Å². The third-order valence-electron chi connectivity index (χ3n) is 3.35. The Balaban J connectivity index is 3.22. The molecule has 3 heteroatoms. The van der Waals surface area contributed by atoms with E-state index in [1.165, 1.54) is 51.4 Å². The molecule has 0 spiro atoms. The number of unbranched alkanes of at least 4 members (excludes halogenated alkanes) is 8. The van der Waals surface area contributed by atoms with E-state index in [4.69, 9.17) is 10.8 Å². The number of rotatable bonds is 13. The summed E-state index contributed by atoms with van der Waals surface area (Å²) in [6.07, 6.45) is 12.7. The van der Waals surface area contributed by atoms with Gasteiger partial charge in [0.25, 0.3) is 0 Å². The molecule has 0 saturated heterocycles. The molecule has 0 aliphatic heterocycles. The standard InChI is InChI=1S/C15H32N2O/c1-3-4-5-6-7-8-9-10-11-12-14(2)15(16)17-13-18/h15,17-18H,2-13,16H2,1H3/t15-/m0/s1. The van der Waals surface area contributed by atoms with E-state index in [0.29, 0.717) is 0 Å². The molecule has 0 aliphatic carbocycles. The summed E-state index contributed by atoms with van der Waals surface area (Å²) < 4.78 is 0. The average molecular weight is 256 g/mol. The molecule has 18 heavy (non-hydrogen) atoms. The first kappa shape index (κ1) is 17.6. The van der Waals surface area contributed by atoms with Crippen molar-refractivity contribution in [2.24, 2.45) is 5.73 Å². The van der Waals surface area contributed by atoms with Gasteiger partial charge in [-0.2, -0.15) is 0 Å². The lowest BCUT2D eigenvalue weighted by Crippen LogP contribution is -2.39. The summed E-state index contributed by atoms with van der Waals surface area (Å²) in [6.45, 7) is 6.11. The summed E-state index contributed by atoms with van der Waals surface area (Å²) in [5.74, 6) is 0. The third kappa shape index (κ3) is 10.8. The Morgan fingerprint density at radius 3 is 2.06 bits per heavy atom. The van der Waals surface area contributed by atoms with Crippen molar-refractivity contribution < 1.29 is 5.11 Å². The van der Waals surface area contributed by atoms with E-state index < -0.39 is 0 Å². The van der Waals surface area contributed by atoms with Crippen molar-refractivity contribution in [1.29, 1.82) is 0 Å². The Morgan fingerprint density at radius 1 is 1.06 bits per heavy atom. The van der Waals surface area contributed by atoms with Gasteiger partial charge in [0.05, 0.1) is 12.9 Å². The molecule has 4 N–H and O–H groups in total. The Bertz CT molecular complexity index is 195. The van der Waals surface area contributed by atoms with Gasteiger partial charge in [-0.05, 0) is 18.4 Å². The van der Waals surface area contributed by atoms with Gasteiger partial charge in [-0.3, -0.25) is 5.32 Å². The largest absolute Gasteiger partial charge is 0.381 e. The Kier molecular flexibility index (Phi) is 12.8. The minimum atomic E-state index is -0.260. The lowest BCUT2D eigenvalue weighted by molar-refractivity contribution is 0.248. The molecule has 0 heterocycles. The molecule has 0 aromatic rings. The second-order valence-electron chi connectivity index (χ2n) is 5.08. The number of hydrogen-bond acceptors (Lipinski definition) is 3. The minimum Gasteiger partial charge on any atom is -0.381 e. The van der Waals surface area contributed by atoms with Gasteiger partial charge in [-0.25, -0.2) is 0 Å². The molecule has 0 aromatic carbocycles. The van der Waals surface area contributed by atoms with Gasteiger partial charge in [0.15, 0.2) is 0 Å². The van der Waals surface area contributed by atoms with Crippen molar-refractivity contribution >= 4 is 0 Å². The molecular weight excluding hydrogens is 224 g/mol. The van der Waals surface area contributed by atoms with Crippen molar-refractivity contribution in [3.8, 4) is 0 Å². The fourth-order valence-corrected chi connectivity index (χ4v) is 2.06. The van der Waals surface area contributed by atoms with Crippen LogP contribution in [-0.2, 0) is 0 Å². The minimum absolute atomic E-state index is 0.0854. The fourth-order valence-electron chi connectivity index (χ4n) is 2.06. The van der Waals surface area contributed by atoms with Crippen LogP contribution in [0.25, 0.3) is 0 Å². The quantitative estimate of drug-likeness (QED) is 0.269. The van der Waals surface area contributed by atoms with E-state index in [1.54, 1.807) is 0 Å². The van der Waals surface area contributed by atoms with E-state index in [2.05, 4.69) is 18.8 Å². The van der Waals surface area contributed by atoms with Crippen LogP contribution in [0.4, 0.5) is 0 Å². The molecule has 0 saturated carbocycles. The summed E-state index contributed by atoms with van der Waals surface area (Å²) in [4.78, 5) is 0. The normalized spacial score (nSPS) is 12.6. The Hall–Kier alpha value is -0.380. The Labute approximate surface area is 113 Å². The van der Waals surface area contributed by atoms with Crippen molar-refractivity contribution in [2.45, 2.75) is 77.3 Å². The first-order valence-electron chi connectivity index (χ1n) is 7.49. The summed E-state index contributed by atoms with van der Waals surface area (Å²) in [7, 11) is 0.